The first kappa shape index (κ1) is 13.5. The molecule has 0 amide bonds. The van der Waals surface area contributed by atoms with Crippen LogP contribution in [0.25, 0.3) is 0 Å². The van der Waals surface area contributed by atoms with E-state index in [0.29, 0.717) is 4.21 Å². The van der Waals surface area contributed by atoms with Crippen LogP contribution in [0.15, 0.2) is 16.3 Å². The Kier molecular flexibility index (Phi) is 3.45. The number of sulfonamides is 1. The fraction of sp³-hybridized carbons (Fsp3) is 0.692. The van der Waals surface area contributed by atoms with Crippen molar-refractivity contribution in [3.05, 3.63) is 17.0 Å². The van der Waals surface area contributed by atoms with E-state index in [4.69, 9.17) is 4.74 Å². The second kappa shape index (κ2) is 4.84. The third-order valence-electron chi connectivity index (χ3n) is 4.20. The molecule has 2 atom stereocenters. The number of hydrogen-bond donors (Lipinski definition) is 0. The molecule has 0 spiro atoms. The number of nitrogens with zero attached hydrogens (tertiary/aromatic N) is 1. The Labute approximate surface area is 118 Å². The van der Waals surface area contributed by atoms with Crippen molar-refractivity contribution in [3.63, 3.8) is 0 Å². The molecule has 0 radical (unpaired) electrons. The van der Waals surface area contributed by atoms with Crippen LogP contribution in [-0.4, -0.2) is 38.0 Å². The molecule has 1 aromatic heterocycles. The third kappa shape index (κ3) is 2.24. The Morgan fingerprint density at radius 1 is 1.26 bits per heavy atom. The molecule has 6 heteroatoms. The van der Waals surface area contributed by atoms with Crippen molar-refractivity contribution in [1.82, 2.24) is 4.31 Å². The number of thiophene rings is 1. The summed E-state index contributed by atoms with van der Waals surface area (Å²) in [6.45, 7) is 1.94. The Morgan fingerprint density at radius 3 is 2.37 bits per heavy atom. The average Bonchev–Trinajstić information content (AvgIpc) is 2.92. The van der Waals surface area contributed by atoms with Crippen LogP contribution in [0.1, 0.15) is 30.6 Å². The van der Waals surface area contributed by atoms with Crippen molar-refractivity contribution < 1.29 is 13.2 Å². The lowest BCUT2D eigenvalue weighted by atomic mass is 10.0. The minimum Gasteiger partial charge on any atom is -0.381 e. The summed E-state index contributed by atoms with van der Waals surface area (Å²) >= 11 is 1.37. The maximum absolute atomic E-state index is 12.8. The standard InChI is InChI=1S/C13H19NO3S2/c1-9-3-6-13(18-9)19(15,16)14-10-4-5-11(14)8-12(7-10)17-2/h3,6,10-12H,4-5,7-8H2,1-2H3. The highest BCUT2D eigenvalue weighted by Gasteiger charge is 2.47. The largest absolute Gasteiger partial charge is 0.381 e. The minimum atomic E-state index is -3.31. The number of fused-ring (bicyclic) bond motifs is 2. The zero-order valence-corrected chi connectivity index (χ0v) is 12.8. The summed E-state index contributed by atoms with van der Waals surface area (Å²) in [4.78, 5) is 1.04. The van der Waals surface area contributed by atoms with Crippen molar-refractivity contribution >= 4 is 21.4 Å². The normalized spacial score (nSPS) is 31.8. The van der Waals surface area contributed by atoms with Gasteiger partial charge in [-0.25, -0.2) is 8.42 Å². The maximum Gasteiger partial charge on any atom is 0.253 e. The lowest BCUT2D eigenvalue weighted by Gasteiger charge is -2.36. The van der Waals surface area contributed by atoms with Gasteiger partial charge in [-0.05, 0) is 44.7 Å². The predicted molar refractivity (Wildman–Crippen MR) is 74.9 cm³/mol. The molecule has 2 unspecified atom stereocenters. The molecule has 2 fully saturated rings. The van der Waals surface area contributed by atoms with Gasteiger partial charge in [-0.15, -0.1) is 11.3 Å². The van der Waals surface area contributed by atoms with Gasteiger partial charge >= 0.3 is 0 Å². The van der Waals surface area contributed by atoms with Crippen molar-refractivity contribution in [2.75, 3.05) is 7.11 Å². The van der Waals surface area contributed by atoms with Crippen LogP contribution < -0.4 is 0 Å². The van der Waals surface area contributed by atoms with E-state index in [0.717, 1.165) is 30.6 Å². The molecule has 0 aliphatic carbocycles. The summed E-state index contributed by atoms with van der Waals surface area (Å²) in [5, 5.41) is 0. The first-order valence-corrected chi connectivity index (χ1v) is 8.91. The molecule has 0 N–H and O–H groups in total. The second-order valence-electron chi connectivity index (χ2n) is 5.41. The van der Waals surface area contributed by atoms with E-state index < -0.39 is 10.0 Å². The lowest BCUT2D eigenvalue weighted by Crippen LogP contribution is -2.48. The van der Waals surface area contributed by atoms with Crippen LogP contribution in [0.3, 0.4) is 0 Å². The number of ether oxygens (including phenoxy) is 1. The molecule has 4 nitrogen and oxygen atoms in total. The monoisotopic (exact) mass is 301 g/mol. The molecule has 1 aromatic rings. The van der Waals surface area contributed by atoms with E-state index in [1.807, 2.05) is 13.0 Å². The molecular formula is C13H19NO3S2. The van der Waals surface area contributed by atoms with Crippen molar-refractivity contribution in [2.24, 2.45) is 0 Å². The molecule has 0 saturated carbocycles. The van der Waals surface area contributed by atoms with Gasteiger partial charge in [0, 0.05) is 24.1 Å². The lowest BCUT2D eigenvalue weighted by molar-refractivity contribution is 0.0350. The Hall–Kier alpha value is -0.430. The summed E-state index contributed by atoms with van der Waals surface area (Å²) in [5.41, 5.74) is 0. The van der Waals surface area contributed by atoms with Gasteiger partial charge in [-0.2, -0.15) is 4.31 Å². The molecule has 2 bridgehead atoms. The van der Waals surface area contributed by atoms with Gasteiger partial charge < -0.3 is 4.74 Å². The summed E-state index contributed by atoms with van der Waals surface area (Å²) in [6.07, 6.45) is 3.81. The Balaban J connectivity index is 1.91. The summed E-state index contributed by atoms with van der Waals surface area (Å²) in [6, 6.07) is 3.85. The molecule has 0 aromatic carbocycles. The van der Waals surface area contributed by atoms with Gasteiger partial charge in [0.05, 0.1) is 6.10 Å². The molecule has 2 saturated heterocycles. The Morgan fingerprint density at radius 2 is 1.89 bits per heavy atom. The van der Waals surface area contributed by atoms with E-state index in [2.05, 4.69) is 0 Å². The van der Waals surface area contributed by atoms with Crippen LogP contribution >= 0.6 is 11.3 Å². The maximum atomic E-state index is 12.8. The summed E-state index contributed by atoms with van der Waals surface area (Å²) in [5.74, 6) is 0. The summed E-state index contributed by atoms with van der Waals surface area (Å²) < 4.78 is 33.2. The van der Waals surface area contributed by atoms with E-state index in [9.17, 15) is 8.42 Å². The van der Waals surface area contributed by atoms with Crippen LogP contribution in [0.2, 0.25) is 0 Å². The van der Waals surface area contributed by atoms with Crippen LogP contribution in [0.5, 0.6) is 0 Å². The third-order valence-corrected chi connectivity index (χ3v) is 7.68. The van der Waals surface area contributed by atoms with E-state index in [-0.39, 0.29) is 18.2 Å². The van der Waals surface area contributed by atoms with Crippen molar-refractivity contribution in [1.29, 1.82) is 0 Å². The molecule has 2 aliphatic heterocycles. The molecule has 19 heavy (non-hydrogen) atoms. The number of hydrogen-bond acceptors (Lipinski definition) is 4. The topological polar surface area (TPSA) is 46.6 Å². The molecule has 2 aliphatic rings. The molecule has 3 heterocycles. The molecular weight excluding hydrogens is 282 g/mol. The van der Waals surface area contributed by atoms with Gasteiger partial charge in [-0.1, -0.05) is 0 Å². The average molecular weight is 301 g/mol. The van der Waals surface area contributed by atoms with Crippen LogP contribution in [-0.2, 0) is 14.8 Å². The highest BCUT2D eigenvalue weighted by atomic mass is 32.2. The smallest absolute Gasteiger partial charge is 0.253 e. The highest BCUT2D eigenvalue weighted by Crippen LogP contribution is 2.41. The van der Waals surface area contributed by atoms with Crippen LogP contribution in [0, 0.1) is 6.92 Å². The predicted octanol–water partition coefficient (Wildman–Crippen LogP) is 2.39. The number of methoxy groups -OCH3 is 1. The first-order valence-electron chi connectivity index (χ1n) is 6.65. The van der Waals surface area contributed by atoms with Crippen molar-refractivity contribution in [2.45, 2.75) is 55.0 Å². The van der Waals surface area contributed by atoms with E-state index in [1.165, 1.54) is 11.3 Å². The number of rotatable bonds is 3. The van der Waals surface area contributed by atoms with Gasteiger partial charge in [0.15, 0.2) is 0 Å². The molecule has 106 valence electrons. The number of aryl methyl sites for hydroxylation is 1. The zero-order chi connectivity index (χ0) is 13.6. The number of piperidine rings is 1. The zero-order valence-electron chi connectivity index (χ0n) is 11.2. The Bertz CT molecular complexity index is 552. The fourth-order valence-electron chi connectivity index (χ4n) is 3.32. The highest BCUT2D eigenvalue weighted by molar-refractivity contribution is 7.91. The van der Waals surface area contributed by atoms with Crippen molar-refractivity contribution in [3.8, 4) is 0 Å². The minimum absolute atomic E-state index is 0.121. The van der Waals surface area contributed by atoms with Gasteiger partial charge in [0.1, 0.15) is 4.21 Å². The van der Waals surface area contributed by atoms with E-state index >= 15 is 0 Å². The van der Waals surface area contributed by atoms with E-state index in [1.54, 1.807) is 17.5 Å². The first-order chi connectivity index (χ1) is 9.02. The fourth-order valence-corrected chi connectivity index (χ4v) is 6.60. The van der Waals surface area contributed by atoms with Gasteiger partial charge in [-0.3, -0.25) is 0 Å². The second-order valence-corrected chi connectivity index (χ2v) is 8.77. The quantitative estimate of drug-likeness (QED) is 0.861. The summed E-state index contributed by atoms with van der Waals surface area (Å²) in [7, 11) is -1.59. The molecule has 3 rings (SSSR count). The van der Waals surface area contributed by atoms with Gasteiger partial charge in [0.25, 0.3) is 10.0 Å². The van der Waals surface area contributed by atoms with Crippen LogP contribution in [0.4, 0.5) is 0 Å². The van der Waals surface area contributed by atoms with Gasteiger partial charge in [0.2, 0.25) is 0 Å². The SMILES string of the molecule is COC1CC2CCC(C1)N2S(=O)(=O)c1ccc(C)s1.